The molecular weight excluding hydrogens is 252 g/mol. The highest BCUT2D eigenvalue weighted by molar-refractivity contribution is 9.08. The third-order valence-electron chi connectivity index (χ3n) is 2.63. The molecule has 1 heterocycles. The zero-order valence-corrected chi connectivity index (χ0v) is 9.62. The normalized spacial score (nSPS) is 11.3. The summed E-state index contributed by atoms with van der Waals surface area (Å²) in [6, 6.07) is 14.3. The standard InChI is InChI=1S/C13H9BrO/c14-8-9-4-3-7-12-13(9)10-5-1-2-6-11(10)15-12/h1-7H,8H2. The van der Waals surface area contributed by atoms with Gasteiger partial charge in [0.2, 0.25) is 0 Å². The van der Waals surface area contributed by atoms with Crippen LogP contribution in [0.15, 0.2) is 46.9 Å². The second-order valence-corrected chi connectivity index (χ2v) is 4.08. The second-order valence-electron chi connectivity index (χ2n) is 3.52. The summed E-state index contributed by atoms with van der Waals surface area (Å²) in [5.74, 6) is 0. The van der Waals surface area contributed by atoms with E-state index in [1.807, 2.05) is 30.3 Å². The van der Waals surface area contributed by atoms with Crippen molar-refractivity contribution in [2.45, 2.75) is 5.33 Å². The molecule has 0 atom stereocenters. The van der Waals surface area contributed by atoms with Crippen molar-refractivity contribution >= 4 is 37.9 Å². The van der Waals surface area contributed by atoms with Gasteiger partial charge >= 0.3 is 0 Å². The molecule has 0 amide bonds. The molecule has 0 aliphatic carbocycles. The van der Waals surface area contributed by atoms with E-state index in [9.17, 15) is 0 Å². The Morgan fingerprint density at radius 3 is 2.60 bits per heavy atom. The summed E-state index contributed by atoms with van der Waals surface area (Å²) < 4.78 is 5.77. The van der Waals surface area contributed by atoms with Gasteiger partial charge in [0, 0.05) is 16.1 Å². The van der Waals surface area contributed by atoms with Crippen LogP contribution in [0.1, 0.15) is 5.56 Å². The molecule has 2 heteroatoms. The summed E-state index contributed by atoms with van der Waals surface area (Å²) >= 11 is 3.51. The molecular formula is C13H9BrO. The predicted octanol–water partition coefficient (Wildman–Crippen LogP) is 4.48. The molecule has 15 heavy (non-hydrogen) atoms. The average molecular weight is 261 g/mol. The van der Waals surface area contributed by atoms with E-state index >= 15 is 0 Å². The Morgan fingerprint density at radius 2 is 1.73 bits per heavy atom. The van der Waals surface area contributed by atoms with Crippen LogP contribution in [0.3, 0.4) is 0 Å². The Bertz CT molecular complexity index is 625. The Morgan fingerprint density at radius 1 is 0.933 bits per heavy atom. The van der Waals surface area contributed by atoms with E-state index in [1.165, 1.54) is 16.3 Å². The largest absolute Gasteiger partial charge is 0.456 e. The molecule has 74 valence electrons. The van der Waals surface area contributed by atoms with Crippen LogP contribution in [0.25, 0.3) is 21.9 Å². The molecule has 0 aliphatic heterocycles. The molecule has 0 N–H and O–H groups in total. The van der Waals surface area contributed by atoms with E-state index in [-0.39, 0.29) is 0 Å². The molecule has 0 fully saturated rings. The minimum Gasteiger partial charge on any atom is -0.456 e. The van der Waals surface area contributed by atoms with Gasteiger partial charge in [0.15, 0.2) is 0 Å². The SMILES string of the molecule is BrCc1cccc2oc3ccccc3c12. The molecule has 3 rings (SSSR count). The zero-order chi connectivity index (χ0) is 10.3. The van der Waals surface area contributed by atoms with Gasteiger partial charge in [0.1, 0.15) is 11.2 Å². The molecule has 0 unspecified atom stereocenters. The fraction of sp³-hybridized carbons (Fsp3) is 0.0769. The predicted molar refractivity (Wildman–Crippen MR) is 66.4 cm³/mol. The van der Waals surface area contributed by atoms with Gasteiger partial charge in [-0.2, -0.15) is 0 Å². The van der Waals surface area contributed by atoms with E-state index < -0.39 is 0 Å². The lowest BCUT2D eigenvalue weighted by atomic mass is 10.1. The lowest BCUT2D eigenvalue weighted by Crippen LogP contribution is -1.77. The number of alkyl halides is 1. The van der Waals surface area contributed by atoms with Gasteiger partial charge in [0.05, 0.1) is 0 Å². The summed E-state index contributed by atoms with van der Waals surface area (Å²) in [7, 11) is 0. The molecule has 1 aromatic heterocycles. The number of furan rings is 1. The lowest BCUT2D eigenvalue weighted by Gasteiger charge is -1.96. The van der Waals surface area contributed by atoms with Gasteiger partial charge in [-0.15, -0.1) is 0 Å². The van der Waals surface area contributed by atoms with Gasteiger partial charge < -0.3 is 4.42 Å². The summed E-state index contributed by atoms with van der Waals surface area (Å²) in [5, 5.41) is 3.28. The Labute approximate surface area is 95.8 Å². The van der Waals surface area contributed by atoms with Crippen LogP contribution in [0.4, 0.5) is 0 Å². The summed E-state index contributed by atoms with van der Waals surface area (Å²) in [4.78, 5) is 0. The minimum absolute atomic E-state index is 0.855. The maximum Gasteiger partial charge on any atom is 0.135 e. The fourth-order valence-electron chi connectivity index (χ4n) is 1.96. The number of hydrogen-bond donors (Lipinski definition) is 0. The van der Waals surface area contributed by atoms with E-state index in [1.54, 1.807) is 0 Å². The quantitative estimate of drug-likeness (QED) is 0.588. The van der Waals surface area contributed by atoms with Gasteiger partial charge in [-0.05, 0) is 17.7 Å². The van der Waals surface area contributed by atoms with Crippen molar-refractivity contribution in [3.8, 4) is 0 Å². The van der Waals surface area contributed by atoms with E-state index in [0.29, 0.717) is 0 Å². The first-order valence-electron chi connectivity index (χ1n) is 4.85. The number of hydrogen-bond acceptors (Lipinski definition) is 1. The number of para-hydroxylation sites is 1. The molecule has 0 aliphatic rings. The van der Waals surface area contributed by atoms with Crippen LogP contribution in [-0.4, -0.2) is 0 Å². The summed E-state index contributed by atoms with van der Waals surface area (Å²) in [5.41, 5.74) is 3.20. The zero-order valence-electron chi connectivity index (χ0n) is 8.03. The van der Waals surface area contributed by atoms with Crippen LogP contribution in [0.2, 0.25) is 0 Å². The number of rotatable bonds is 1. The van der Waals surface area contributed by atoms with Gasteiger partial charge in [0.25, 0.3) is 0 Å². The van der Waals surface area contributed by atoms with E-state index in [2.05, 4.69) is 28.1 Å². The first kappa shape index (κ1) is 8.98. The van der Waals surface area contributed by atoms with Crippen molar-refractivity contribution in [1.29, 1.82) is 0 Å². The van der Waals surface area contributed by atoms with Crippen LogP contribution in [0.5, 0.6) is 0 Å². The highest BCUT2D eigenvalue weighted by Gasteiger charge is 2.08. The first-order chi connectivity index (χ1) is 7.40. The third-order valence-corrected chi connectivity index (χ3v) is 3.24. The molecule has 2 aromatic carbocycles. The highest BCUT2D eigenvalue weighted by Crippen LogP contribution is 2.31. The average Bonchev–Trinajstić information content (AvgIpc) is 2.67. The monoisotopic (exact) mass is 260 g/mol. The van der Waals surface area contributed by atoms with Crippen LogP contribution in [0, 0.1) is 0 Å². The van der Waals surface area contributed by atoms with Crippen LogP contribution >= 0.6 is 15.9 Å². The first-order valence-corrected chi connectivity index (χ1v) is 5.97. The molecule has 0 bridgehead atoms. The molecule has 0 saturated heterocycles. The number of benzene rings is 2. The maximum absolute atomic E-state index is 5.77. The summed E-state index contributed by atoms with van der Waals surface area (Å²) in [6.45, 7) is 0. The van der Waals surface area contributed by atoms with Crippen molar-refractivity contribution < 1.29 is 4.42 Å². The van der Waals surface area contributed by atoms with Gasteiger partial charge in [-0.1, -0.05) is 46.3 Å². The number of fused-ring (bicyclic) bond motifs is 3. The lowest BCUT2D eigenvalue weighted by molar-refractivity contribution is 0.669. The van der Waals surface area contributed by atoms with Gasteiger partial charge in [-0.25, -0.2) is 0 Å². The molecule has 0 spiro atoms. The third kappa shape index (κ3) is 1.29. The van der Waals surface area contributed by atoms with E-state index in [0.717, 1.165) is 16.5 Å². The Kier molecular flexibility index (Phi) is 2.03. The van der Waals surface area contributed by atoms with E-state index in [4.69, 9.17) is 4.42 Å². The molecule has 0 radical (unpaired) electrons. The van der Waals surface area contributed by atoms with Gasteiger partial charge in [-0.3, -0.25) is 0 Å². The van der Waals surface area contributed by atoms with Crippen molar-refractivity contribution in [3.63, 3.8) is 0 Å². The summed E-state index contributed by atoms with van der Waals surface area (Å²) in [6.07, 6.45) is 0. The topological polar surface area (TPSA) is 13.1 Å². The number of halogens is 1. The Hall–Kier alpha value is -1.28. The van der Waals surface area contributed by atoms with Crippen LogP contribution in [-0.2, 0) is 5.33 Å². The smallest absolute Gasteiger partial charge is 0.135 e. The molecule has 1 nitrogen and oxygen atoms in total. The maximum atomic E-state index is 5.77. The minimum atomic E-state index is 0.855. The van der Waals surface area contributed by atoms with Crippen molar-refractivity contribution in [3.05, 3.63) is 48.0 Å². The second kappa shape index (κ2) is 3.38. The molecule has 0 saturated carbocycles. The van der Waals surface area contributed by atoms with Crippen molar-refractivity contribution in [2.24, 2.45) is 0 Å². The Balaban J connectivity index is 2.56. The van der Waals surface area contributed by atoms with Crippen molar-refractivity contribution in [2.75, 3.05) is 0 Å². The molecule has 3 aromatic rings. The highest BCUT2D eigenvalue weighted by atomic mass is 79.9. The van der Waals surface area contributed by atoms with Crippen LogP contribution < -0.4 is 0 Å². The van der Waals surface area contributed by atoms with Crippen molar-refractivity contribution in [1.82, 2.24) is 0 Å². The fourth-order valence-corrected chi connectivity index (χ4v) is 2.43.